The molecule has 1 aliphatic rings. The molecule has 1 saturated carbocycles. The molecule has 108 valence electrons. The molecule has 1 rings (SSSR count). The van der Waals surface area contributed by atoms with E-state index in [2.05, 4.69) is 42.9 Å². The molecule has 0 spiro atoms. The van der Waals surface area contributed by atoms with Crippen molar-refractivity contribution in [1.29, 1.82) is 0 Å². The predicted octanol–water partition coefficient (Wildman–Crippen LogP) is 2.04. The fourth-order valence-electron chi connectivity index (χ4n) is 1.92. The third-order valence-electron chi connectivity index (χ3n) is 2.98. The molecule has 5 heteroatoms. The second-order valence-electron chi connectivity index (χ2n) is 5.61. The van der Waals surface area contributed by atoms with E-state index in [1.165, 1.54) is 12.8 Å². The fourth-order valence-corrected chi connectivity index (χ4v) is 1.92. The number of halogens is 1. The van der Waals surface area contributed by atoms with Gasteiger partial charge in [-0.25, -0.2) is 0 Å². The van der Waals surface area contributed by atoms with Crippen LogP contribution in [0.3, 0.4) is 0 Å². The van der Waals surface area contributed by atoms with Gasteiger partial charge in [0.1, 0.15) is 0 Å². The van der Waals surface area contributed by atoms with Gasteiger partial charge < -0.3 is 11.1 Å². The molecule has 0 saturated heterocycles. The molecule has 1 fully saturated rings. The zero-order valence-electron chi connectivity index (χ0n) is 12.1. The van der Waals surface area contributed by atoms with Crippen molar-refractivity contribution in [3.8, 4) is 0 Å². The lowest BCUT2D eigenvalue weighted by molar-refractivity contribution is 0.215. The number of hydrogen-bond donors (Lipinski definition) is 2. The second kappa shape index (κ2) is 8.96. The van der Waals surface area contributed by atoms with Crippen LogP contribution in [0.1, 0.15) is 40.5 Å². The van der Waals surface area contributed by atoms with Crippen molar-refractivity contribution in [1.82, 2.24) is 10.2 Å². The SMILES string of the molecule is CC(C)CN=C(N)NCCN(C(C)C)C1CC1.I. The summed E-state index contributed by atoms with van der Waals surface area (Å²) in [7, 11) is 0. The van der Waals surface area contributed by atoms with Gasteiger partial charge in [-0.15, -0.1) is 24.0 Å². The zero-order valence-corrected chi connectivity index (χ0v) is 14.5. The highest BCUT2D eigenvalue weighted by molar-refractivity contribution is 14.0. The number of nitrogens with one attached hydrogen (secondary N) is 1. The highest BCUT2D eigenvalue weighted by atomic mass is 127. The monoisotopic (exact) mass is 368 g/mol. The summed E-state index contributed by atoms with van der Waals surface area (Å²) in [5, 5.41) is 3.19. The Morgan fingerprint density at radius 3 is 2.39 bits per heavy atom. The smallest absolute Gasteiger partial charge is 0.188 e. The van der Waals surface area contributed by atoms with Crippen molar-refractivity contribution in [2.24, 2.45) is 16.6 Å². The summed E-state index contributed by atoms with van der Waals surface area (Å²) in [4.78, 5) is 6.84. The molecule has 0 aliphatic heterocycles. The van der Waals surface area contributed by atoms with Crippen molar-refractivity contribution >= 4 is 29.9 Å². The van der Waals surface area contributed by atoms with Crippen molar-refractivity contribution in [3.63, 3.8) is 0 Å². The van der Waals surface area contributed by atoms with E-state index >= 15 is 0 Å². The Bertz CT molecular complexity index is 247. The molecule has 0 radical (unpaired) electrons. The Balaban J connectivity index is 0.00000289. The average Bonchev–Trinajstić information content (AvgIpc) is 3.04. The summed E-state index contributed by atoms with van der Waals surface area (Å²) >= 11 is 0. The fraction of sp³-hybridized carbons (Fsp3) is 0.923. The first-order chi connectivity index (χ1) is 8.00. The first-order valence-corrected chi connectivity index (χ1v) is 6.80. The van der Waals surface area contributed by atoms with Crippen LogP contribution in [-0.2, 0) is 0 Å². The number of hydrogen-bond acceptors (Lipinski definition) is 2. The Morgan fingerprint density at radius 2 is 1.94 bits per heavy atom. The molecule has 0 amide bonds. The first kappa shape index (κ1) is 18.0. The van der Waals surface area contributed by atoms with Crippen LogP contribution in [0.5, 0.6) is 0 Å². The molecular weight excluding hydrogens is 339 g/mol. The minimum atomic E-state index is 0. The maximum absolute atomic E-state index is 5.80. The largest absolute Gasteiger partial charge is 0.370 e. The van der Waals surface area contributed by atoms with E-state index in [0.717, 1.165) is 25.7 Å². The number of guanidine groups is 1. The van der Waals surface area contributed by atoms with Gasteiger partial charge in [0.2, 0.25) is 0 Å². The molecule has 3 N–H and O–H groups in total. The molecule has 0 aromatic rings. The van der Waals surface area contributed by atoms with E-state index in [9.17, 15) is 0 Å². The highest BCUT2D eigenvalue weighted by Crippen LogP contribution is 2.27. The van der Waals surface area contributed by atoms with Crippen molar-refractivity contribution in [3.05, 3.63) is 0 Å². The number of nitrogens with two attached hydrogens (primary N) is 1. The highest BCUT2D eigenvalue weighted by Gasteiger charge is 2.29. The van der Waals surface area contributed by atoms with Crippen molar-refractivity contribution in [2.75, 3.05) is 19.6 Å². The molecule has 18 heavy (non-hydrogen) atoms. The molecule has 4 nitrogen and oxygen atoms in total. The predicted molar refractivity (Wildman–Crippen MR) is 89.6 cm³/mol. The van der Waals surface area contributed by atoms with E-state index in [-0.39, 0.29) is 24.0 Å². The standard InChI is InChI=1S/C13H28N4.HI/c1-10(2)9-16-13(14)15-7-8-17(11(3)4)12-5-6-12;/h10-12H,5-9H2,1-4H3,(H3,14,15,16);1H. The van der Waals surface area contributed by atoms with Crippen LogP contribution < -0.4 is 11.1 Å². The number of rotatable bonds is 7. The minimum absolute atomic E-state index is 0. The van der Waals surface area contributed by atoms with Crippen LogP contribution in [-0.4, -0.2) is 42.6 Å². The van der Waals surface area contributed by atoms with Gasteiger partial charge in [-0.05, 0) is 32.6 Å². The molecular formula is C13H29IN4. The van der Waals surface area contributed by atoms with Gasteiger partial charge in [-0.3, -0.25) is 9.89 Å². The quantitative estimate of drug-likeness (QED) is 0.411. The van der Waals surface area contributed by atoms with Gasteiger partial charge in [-0.2, -0.15) is 0 Å². The molecule has 0 unspecified atom stereocenters. The summed E-state index contributed by atoms with van der Waals surface area (Å²) in [5.41, 5.74) is 5.80. The molecule has 0 bridgehead atoms. The third kappa shape index (κ3) is 7.41. The van der Waals surface area contributed by atoms with E-state index in [1.54, 1.807) is 0 Å². The van der Waals surface area contributed by atoms with Crippen LogP contribution >= 0.6 is 24.0 Å². The van der Waals surface area contributed by atoms with Gasteiger partial charge >= 0.3 is 0 Å². The lowest BCUT2D eigenvalue weighted by Crippen LogP contribution is -2.42. The summed E-state index contributed by atoms with van der Waals surface area (Å²) in [6.45, 7) is 11.6. The molecule has 0 aromatic carbocycles. The van der Waals surface area contributed by atoms with Crippen LogP contribution in [0.15, 0.2) is 4.99 Å². The van der Waals surface area contributed by atoms with E-state index < -0.39 is 0 Å². The molecule has 0 atom stereocenters. The van der Waals surface area contributed by atoms with Crippen molar-refractivity contribution < 1.29 is 0 Å². The topological polar surface area (TPSA) is 53.6 Å². The summed E-state index contributed by atoms with van der Waals surface area (Å²) in [6, 6.07) is 1.43. The lowest BCUT2D eigenvalue weighted by atomic mass is 10.2. The maximum Gasteiger partial charge on any atom is 0.188 e. The van der Waals surface area contributed by atoms with Gasteiger partial charge in [0.25, 0.3) is 0 Å². The van der Waals surface area contributed by atoms with Crippen LogP contribution in [0, 0.1) is 5.92 Å². The number of aliphatic imine (C=N–C) groups is 1. The maximum atomic E-state index is 5.80. The van der Waals surface area contributed by atoms with Crippen LogP contribution in [0.2, 0.25) is 0 Å². The van der Waals surface area contributed by atoms with Gasteiger partial charge in [0.15, 0.2) is 5.96 Å². The number of nitrogens with zero attached hydrogens (tertiary/aromatic N) is 2. The average molecular weight is 368 g/mol. The van der Waals surface area contributed by atoms with Gasteiger partial charge in [-0.1, -0.05) is 13.8 Å². The van der Waals surface area contributed by atoms with E-state index in [4.69, 9.17) is 5.73 Å². The lowest BCUT2D eigenvalue weighted by Gasteiger charge is -2.26. The van der Waals surface area contributed by atoms with Crippen LogP contribution in [0.25, 0.3) is 0 Å². The third-order valence-corrected chi connectivity index (χ3v) is 2.98. The summed E-state index contributed by atoms with van der Waals surface area (Å²) in [6.07, 6.45) is 2.71. The Hall–Kier alpha value is -0.0400. The van der Waals surface area contributed by atoms with Crippen LogP contribution in [0.4, 0.5) is 0 Å². The van der Waals surface area contributed by atoms with Gasteiger partial charge in [0.05, 0.1) is 0 Å². The van der Waals surface area contributed by atoms with Gasteiger partial charge in [0, 0.05) is 31.7 Å². The van der Waals surface area contributed by atoms with E-state index in [1.807, 2.05) is 0 Å². The summed E-state index contributed by atoms with van der Waals surface area (Å²) < 4.78 is 0. The van der Waals surface area contributed by atoms with E-state index in [0.29, 0.717) is 17.9 Å². The normalized spacial score (nSPS) is 16.3. The Labute approximate surface area is 129 Å². The minimum Gasteiger partial charge on any atom is -0.370 e. The summed E-state index contributed by atoms with van der Waals surface area (Å²) in [5.74, 6) is 1.15. The zero-order chi connectivity index (χ0) is 12.8. The Morgan fingerprint density at radius 1 is 1.33 bits per heavy atom. The molecule has 0 aromatic heterocycles. The first-order valence-electron chi connectivity index (χ1n) is 6.80. The van der Waals surface area contributed by atoms with Crippen molar-refractivity contribution in [2.45, 2.75) is 52.6 Å². The second-order valence-corrected chi connectivity index (χ2v) is 5.61. The molecule has 1 aliphatic carbocycles. The Kier molecular flexibility index (Phi) is 8.94. The molecule has 0 heterocycles.